The second kappa shape index (κ2) is 7.64. The molecule has 2 rings (SSSR count). The highest BCUT2D eigenvalue weighted by Crippen LogP contribution is 2.32. The molecule has 4 nitrogen and oxygen atoms in total. The lowest BCUT2D eigenvalue weighted by atomic mass is 10.1. The molecule has 4 heteroatoms. The fourth-order valence-corrected chi connectivity index (χ4v) is 2.01. The molecule has 0 bridgehead atoms. The molecular weight excluding hydrogens is 264 g/mol. The topological polar surface area (TPSA) is 57.4 Å². The minimum absolute atomic E-state index is 0.110. The van der Waals surface area contributed by atoms with Crippen molar-refractivity contribution >= 4 is 0 Å². The summed E-state index contributed by atoms with van der Waals surface area (Å²) in [7, 11) is 0. The molecule has 0 aliphatic heterocycles. The summed E-state index contributed by atoms with van der Waals surface area (Å²) in [6, 6.07) is 11.6. The van der Waals surface area contributed by atoms with Crippen LogP contribution in [-0.2, 0) is 6.42 Å². The molecule has 0 aliphatic carbocycles. The maximum absolute atomic E-state index is 6.04. The molecule has 2 N–H and O–H groups in total. The fourth-order valence-electron chi connectivity index (χ4n) is 2.01. The number of aromatic nitrogens is 1. The van der Waals surface area contributed by atoms with Crippen LogP contribution in [0.5, 0.6) is 17.4 Å². The van der Waals surface area contributed by atoms with Crippen LogP contribution in [0, 0.1) is 0 Å². The van der Waals surface area contributed by atoms with E-state index < -0.39 is 0 Å². The molecule has 0 spiro atoms. The molecule has 0 saturated carbocycles. The summed E-state index contributed by atoms with van der Waals surface area (Å²) in [5, 5.41) is 0. The lowest BCUT2D eigenvalue weighted by molar-refractivity contribution is 0.319. The number of ether oxygens (including phenoxy) is 2. The molecule has 0 saturated heterocycles. The zero-order chi connectivity index (χ0) is 15.1. The van der Waals surface area contributed by atoms with Crippen LogP contribution >= 0.6 is 0 Å². The molecule has 21 heavy (non-hydrogen) atoms. The molecule has 2 aromatic rings. The van der Waals surface area contributed by atoms with Gasteiger partial charge in [0.05, 0.1) is 6.61 Å². The first-order valence-corrected chi connectivity index (χ1v) is 7.33. The Labute approximate surface area is 125 Å². The first-order chi connectivity index (χ1) is 10.2. The average Bonchev–Trinajstić information content (AvgIpc) is 2.51. The highest BCUT2D eigenvalue weighted by Gasteiger charge is 2.12. The lowest BCUT2D eigenvalue weighted by Gasteiger charge is -2.15. The van der Waals surface area contributed by atoms with Gasteiger partial charge in [0.15, 0.2) is 11.5 Å². The van der Waals surface area contributed by atoms with E-state index in [4.69, 9.17) is 15.2 Å². The van der Waals surface area contributed by atoms with Crippen LogP contribution < -0.4 is 15.2 Å². The average molecular weight is 286 g/mol. The zero-order valence-electron chi connectivity index (χ0n) is 12.6. The van der Waals surface area contributed by atoms with Gasteiger partial charge < -0.3 is 15.2 Å². The number of pyridine rings is 1. The van der Waals surface area contributed by atoms with Crippen molar-refractivity contribution in [3.63, 3.8) is 0 Å². The van der Waals surface area contributed by atoms with Crippen molar-refractivity contribution in [1.82, 2.24) is 4.98 Å². The second-order valence-electron chi connectivity index (χ2n) is 4.82. The van der Waals surface area contributed by atoms with E-state index in [1.807, 2.05) is 43.3 Å². The molecular formula is C17H22N2O2. The summed E-state index contributed by atoms with van der Waals surface area (Å²) in [6.07, 6.45) is 3.39. The number of benzene rings is 1. The molecule has 1 heterocycles. The standard InChI is InChI=1S/C17H22N2O2/c1-3-14(18)12-13-8-7-11-19-17(13)21-16-10-6-5-9-15(16)20-4-2/h5-11,14H,3-4,12,18H2,1-2H3. The Balaban J connectivity index is 2.23. The Kier molecular flexibility index (Phi) is 5.58. The highest BCUT2D eigenvalue weighted by atomic mass is 16.5. The van der Waals surface area contributed by atoms with Gasteiger partial charge in [0, 0.05) is 17.8 Å². The zero-order valence-corrected chi connectivity index (χ0v) is 12.6. The van der Waals surface area contributed by atoms with Crippen LogP contribution in [0.3, 0.4) is 0 Å². The third-order valence-corrected chi connectivity index (χ3v) is 3.21. The van der Waals surface area contributed by atoms with Gasteiger partial charge in [-0.1, -0.05) is 25.1 Å². The van der Waals surface area contributed by atoms with Crippen molar-refractivity contribution in [3.05, 3.63) is 48.2 Å². The molecule has 1 aromatic carbocycles. The van der Waals surface area contributed by atoms with Crippen molar-refractivity contribution in [2.24, 2.45) is 5.73 Å². The SMILES string of the molecule is CCOc1ccccc1Oc1ncccc1CC(N)CC. The first-order valence-electron chi connectivity index (χ1n) is 7.33. The monoisotopic (exact) mass is 286 g/mol. The molecule has 0 radical (unpaired) electrons. The van der Waals surface area contributed by atoms with E-state index in [9.17, 15) is 0 Å². The Morgan fingerprint density at radius 3 is 2.57 bits per heavy atom. The largest absolute Gasteiger partial charge is 0.490 e. The summed E-state index contributed by atoms with van der Waals surface area (Å²) in [4.78, 5) is 4.33. The first kappa shape index (κ1) is 15.3. The third-order valence-electron chi connectivity index (χ3n) is 3.21. The van der Waals surface area contributed by atoms with Gasteiger partial charge in [-0.15, -0.1) is 0 Å². The molecule has 0 fully saturated rings. The number of nitrogens with two attached hydrogens (primary N) is 1. The van der Waals surface area contributed by atoms with Crippen LogP contribution in [0.25, 0.3) is 0 Å². The van der Waals surface area contributed by atoms with Crippen molar-refractivity contribution in [3.8, 4) is 17.4 Å². The summed E-state index contributed by atoms with van der Waals surface area (Å²) in [6.45, 7) is 4.62. The number of hydrogen-bond donors (Lipinski definition) is 1. The molecule has 1 unspecified atom stereocenters. The molecule has 1 atom stereocenters. The van der Waals surface area contributed by atoms with Gasteiger partial charge in [-0.2, -0.15) is 0 Å². The van der Waals surface area contributed by atoms with Crippen LogP contribution in [0.15, 0.2) is 42.6 Å². The Morgan fingerprint density at radius 2 is 1.86 bits per heavy atom. The fraction of sp³-hybridized carbons (Fsp3) is 0.353. The summed E-state index contributed by atoms with van der Waals surface area (Å²) in [5.74, 6) is 1.98. The maximum atomic E-state index is 6.04. The summed E-state index contributed by atoms with van der Waals surface area (Å²) < 4.78 is 11.5. The van der Waals surface area contributed by atoms with Gasteiger partial charge >= 0.3 is 0 Å². The maximum Gasteiger partial charge on any atom is 0.222 e. The summed E-state index contributed by atoms with van der Waals surface area (Å²) >= 11 is 0. The van der Waals surface area contributed by atoms with E-state index in [0.717, 1.165) is 24.2 Å². The van der Waals surface area contributed by atoms with E-state index in [2.05, 4.69) is 11.9 Å². The van der Waals surface area contributed by atoms with Gasteiger partial charge in [0.1, 0.15) is 0 Å². The number of nitrogens with zero attached hydrogens (tertiary/aromatic N) is 1. The van der Waals surface area contributed by atoms with E-state index in [0.29, 0.717) is 18.2 Å². The Bertz CT molecular complexity index is 572. The number of para-hydroxylation sites is 2. The number of rotatable bonds is 7. The second-order valence-corrected chi connectivity index (χ2v) is 4.82. The van der Waals surface area contributed by atoms with Crippen molar-refractivity contribution in [2.75, 3.05) is 6.61 Å². The van der Waals surface area contributed by atoms with Crippen LogP contribution in [-0.4, -0.2) is 17.6 Å². The molecule has 1 aromatic heterocycles. The van der Waals surface area contributed by atoms with Crippen LogP contribution in [0.4, 0.5) is 0 Å². The minimum atomic E-state index is 0.110. The van der Waals surface area contributed by atoms with Gasteiger partial charge in [0.25, 0.3) is 0 Å². The molecule has 0 amide bonds. The van der Waals surface area contributed by atoms with Gasteiger partial charge in [-0.3, -0.25) is 0 Å². The van der Waals surface area contributed by atoms with Gasteiger partial charge in [-0.05, 0) is 38.0 Å². The van der Waals surface area contributed by atoms with Gasteiger partial charge in [0.2, 0.25) is 5.88 Å². The highest BCUT2D eigenvalue weighted by molar-refractivity contribution is 5.43. The molecule has 112 valence electrons. The Hall–Kier alpha value is -2.07. The van der Waals surface area contributed by atoms with Crippen molar-refractivity contribution < 1.29 is 9.47 Å². The predicted octanol–water partition coefficient (Wildman–Crippen LogP) is 3.55. The summed E-state index contributed by atoms with van der Waals surface area (Å²) in [5.41, 5.74) is 7.05. The Morgan fingerprint density at radius 1 is 1.10 bits per heavy atom. The predicted molar refractivity (Wildman–Crippen MR) is 83.9 cm³/mol. The van der Waals surface area contributed by atoms with Crippen LogP contribution in [0.2, 0.25) is 0 Å². The molecule has 0 aliphatic rings. The van der Waals surface area contributed by atoms with E-state index in [1.165, 1.54) is 0 Å². The van der Waals surface area contributed by atoms with Crippen molar-refractivity contribution in [2.45, 2.75) is 32.7 Å². The van der Waals surface area contributed by atoms with E-state index in [1.54, 1.807) is 6.20 Å². The van der Waals surface area contributed by atoms with Crippen LogP contribution in [0.1, 0.15) is 25.8 Å². The minimum Gasteiger partial charge on any atom is -0.490 e. The smallest absolute Gasteiger partial charge is 0.222 e. The van der Waals surface area contributed by atoms with Crippen molar-refractivity contribution in [1.29, 1.82) is 0 Å². The van der Waals surface area contributed by atoms with Gasteiger partial charge in [-0.25, -0.2) is 4.98 Å². The lowest BCUT2D eigenvalue weighted by Crippen LogP contribution is -2.21. The quantitative estimate of drug-likeness (QED) is 0.845. The van der Waals surface area contributed by atoms with E-state index in [-0.39, 0.29) is 6.04 Å². The number of hydrogen-bond acceptors (Lipinski definition) is 4. The normalized spacial score (nSPS) is 12.0. The van der Waals surface area contributed by atoms with E-state index >= 15 is 0 Å². The third kappa shape index (κ3) is 4.20.